The van der Waals surface area contributed by atoms with Crippen molar-refractivity contribution in [1.29, 1.82) is 0 Å². The van der Waals surface area contributed by atoms with E-state index < -0.39 is 5.97 Å². The molecule has 0 amide bonds. The third-order valence-electron chi connectivity index (χ3n) is 3.11. The first-order chi connectivity index (χ1) is 9.70. The molecule has 1 aromatic carbocycles. The van der Waals surface area contributed by atoms with Gasteiger partial charge in [-0.25, -0.2) is 9.48 Å². The number of carboxylic acids is 1. The van der Waals surface area contributed by atoms with Crippen molar-refractivity contribution in [3.8, 4) is 0 Å². The van der Waals surface area contributed by atoms with Gasteiger partial charge in [-0.05, 0) is 22.4 Å². The molecular weight excluding hydrogens is 276 g/mol. The zero-order valence-electron chi connectivity index (χ0n) is 10.5. The van der Waals surface area contributed by atoms with Crippen molar-refractivity contribution >= 4 is 27.4 Å². The number of nitrogens with zero attached hydrogens (tertiary/aromatic N) is 3. The summed E-state index contributed by atoms with van der Waals surface area (Å²) in [6.45, 7) is 0.563. The van der Waals surface area contributed by atoms with Crippen LogP contribution in [0.1, 0.15) is 21.7 Å². The Kier molecular flexibility index (Phi) is 3.21. The molecule has 0 aliphatic carbocycles. The van der Waals surface area contributed by atoms with Gasteiger partial charge in [-0.1, -0.05) is 23.4 Å². The van der Waals surface area contributed by atoms with Gasteiger partial charge in [0.15, 0.2) is 5.69 Å². The third kappa shape index (κ3) is 2.06. The lowest BCUT2D eigenvalue weighted by Gasteiger charge is -2.04. The Morgan fingerprint density at radius 1 is 1.40 bits per heavy atom. The second-order valence-corrected chi connectivity index (χ2v) is 5.22. The molecule has 3 rings (SSSR count). The number of nitrogens with two attached hydrogens (primary N) is 1. The SMILES string of the molecule is NCc1c(C(=O)O)nnn1Cc1csc2ccccc12. The van der Waals surface area contributed by atoms with E-state index in [4.69, 9.17) is 10.8 Å². The van der Waals surface area contributed by atoms with Crippen LogP contribution in [-0.2, 0) is 13.1 Å². The predicted molar refractivity (Wildman–Crippen MR) is 75.8 cm³/mol. The van der Waals surface area contributed by atoms with Gasteiger partial charge < -0.3 is 10.8 Å². The largest absolute Gasteiger partial charge is 0.476 e. The van der Waals surface area contributed by atoms with Crippen molar-refractivity contribution in [2.24, 2.45) is 5.73 Å². The van der Waals surface area contributed by atoms with Gasteiger partial charge in [0, 0.05) is 11.2 Å². The molecule has 2 aromatic heterocycles. The number of aromatic carboxylic acids is 1. The molecule has 0 saturated heterocycles. The molecule has 0 bridgehead atoms. The van der Waals surface area contributed by atoms with Crippen LogP contribution in [0.15, 0.2) is 29.6 Å². The average Bonchev–Trinajstić information content (AvgIpc) is 3.04. The summed E-state index contributed by atoms with van der Waals surface area (Å²) >= 11 is 1.65. The smallest absolute Gasteiger partial charge is 0.358 e. The van der Waals surface area contributed by atoms with Crippen molar-refractivity contribution in [3.63, 3.8) is 0 Å². The minimum absolute atomic E-state index is 0.0768. The molecule has 2 heterocycles. The van der Waals surface area contributed by atoms with Crippen molar-refractivity contribution in [2.45, 2.75) is 13.1 Å². The van der Waals surface area contributed by atoms with E-state index in [1.165, 1.54) is 4.70 Å². The summed E-state index contributed by atoms with van der Waals surface area (Å²) in [5.74, 6) is -1.10. The molecule has 0 fully saturated rings. The highest BCUT2D eigenvalue weighted by Gasteiger charge is 2.18. The Morgan fingerprint density at radius 2 is 2.20 bits per heavy atom. The summed E-state index contributed by atoms with van der Waals surface area (Å²) in [6, 6.07) is 8.06. The lowest BCUT2D eigenvalue weighted by molar-refractivity contribution is 0.0689. The maximum atomic E-state index is 11.0. The highest BCUT2D eigenvalue weighted by atomic mass is 32.1. The molecule has 0 spiro atoms. The van der Waals surface area contributed by atoms with Gasteiger partial charge in [-0.2, -0.15) is 0 Å². The van der Waals surface area contributed by atoms with Gasteiger partial charge in [0.25, 0.3) is 0 Å². The van der Waals surface area contributed by atoms with Crippen LogP contribution in [0.5, 0.6) is 0 Å². The number of thiophene rings is 1. The minimum atomic E-state index is -1.10. The fourth-order valence-corrected chi connectivity index (χ4v) is 3.10. The number of carbonyl (C=O) groups is 1. The van der Waals surface area contributed by atoms with E-state index in [1.807, 2.05) is 23.6 Å². The molecule has 0 aliphatic heterocycles. The van der Waals surface area contributed by atoms with Crippen LogP contribution in [-0.4, -0.2) is 26.1 Å². The minimum Gasteiger partial charge on any atom is -0.476 e. The molecule has 102 valence electrons. The molecule has 3 N–H and O–H groups in total. The molecule has 20 heavy (non-hydrogen) atoms. The van der Waals surface area contributed by atoms with Gasteiger partial charge in [-0.15, -0.1) is 16.4 Å². The molecule has 0 unspecified atom stereocenters. The number of aromatic nitrogens is 3. The number of carboxylic acid groups (broad SMARTS) is 1. The Balaban J connectivity index is 2.01. The maximum absolute atomic E-state index is 11.0. The van der Waals surface area contributed by atoms with E-state index in [0.29, 0.717) is 12.2 Å². The van der Waals surface area contributed by atoms with Crippen molar-refractivity contribution in [1.82, 2.24) is 15.0 Å². The van der Waals surface area contributed by atoms with E-state index in [9.17, 15) is 4.79 Å². The average molecular weight is 288 g/mol. The molecule has 3 aromatic rings. The lowest BCUT2D eigenvalue weighted by atomic mass is 10.2. The van der Waals surface area contributed by atoms with Crippen LogP contribution < -0.4 is 5.73 Å². The number of hydrogen-bond donors (Lipinski definition) is 2. The number of fused-ring (bicyclic) bond motifs is 1. The highest BCUT2D eigenvalue weighted by molar-refractivity contribution is 7.17. The van der Waals surface area contributed by atoms with Crippen LogP contribution >= 0.6 is 11.3 Å². The van der Waals surface area contributed by atoms with Crippen LogP contribution in [0.4, 0.5) is 0 Å². The molecule has 0 atom stereocenters. The summed E-state index contributed by atoms with van der Waals surface area (Å²) in [4.78, 5) is 11.0. The molecular formula is C13H12N4O2S. The molecule has 7 heteroatoms. The van der Waals surface area contributed by atoms with Crippen LogP contribution in [0, 0.1) is 0 Å². The van der Waals surface area contributed by atoms with Gasteiger partial charge >= 0.3 is 5.97 Å². The van der Waals surface area contributed by atoms with Gasteiger partial charge in [0.2, 0.25) is 0 Å². The predicted octanol–water partition coefficient (Wildman–Crippen LogP) is 1.70. The zero-order chi connectivity index (χ0) is 14.1. The summed E-state index contributed by atoms with van der Waals surface area (Å²) in [6.07, 6.45) is 0. The van der Waals surface area contributed by atoms with Crippen molar-refractivity contribution in [2.75, 3.05) is 0 Å². The summed E-state index contributed by atoms with van der Waals surface area (Å²) in [5, 5.41) is 19.8. The molecule has 0 aliphatic rings. The normalized spacial score (nSPS) is 11.1. The maximum Gasteiger partial charge on any atom is 0.358 e. The summed E-state index contributed by atoms with van der Waals surface area (Å²) in [5.41, 5.74) is 7.06. The van der Waals surface area contributed by atoms with Gasteiger partial charge in [0.1, 0.15) is 0 Å². The second-order valence-electron chi connectivity index (χ2n) is 4.31. The standard InChI is InChI=1S/C13H12N4O2S/c14-5-10-12(13(18)19)15-16-17(10)6-8-7-20-11-4-2-1-3-9(8)11/h1-4,7H,5-6,14H2,(H,18,19). The van der Waals surface area contributed by atoms with E-state index in [2.05, 4.69) is 16.4 Å². The van der Waals surface area contributed by atoms with E-state index >= 15 is 0 Å². The highest BCUT2D eigenvalue weighted by Crippen LogP contribution is 2.26. The monoisotopic (exact) mass is 288 g/mol. The Morgan fingerprint density at radius 3 is 2.95 bits per heavy atom. The number of benzene rings is 1. The molecule has 0 saturated carbocycles. The number of rotatable bonds is 4. The first kappa shape index (κ1) is 12.8. The fourth-order valence-electron chi connectivity index (χ4n) is 2.14. The van der Waals surface area contributed by atoms with Gasteiger partial charge in [0.05, 0.1) is 12.2 Å². The second kappa shape index (κ2) is 5.03. The fraction of sp³-hybridized carbons (Fsp3) is 0.154. The first-order valence-corrected chi connectivity index (χ1v) is 6.89. The van der Waals surface area contributed by atoms with Crippen LogP contribution in [0.3, 0.4) is 0 Å². The van der Waals surface area contributed by atoms with E-state index in [1.54, 1.807) is 16.0 Å². The van der Waals surface area contributed by atoms with Crippen LogP contribution in [0.2, 0.25) is 0 Å². The number of hydrogen-bond acceptors (Lipinski definition) is 5. The quantitative estimate of drug-likeness (QED) is 0.762. The Bertz CT molecular complexity index is 778. The molecule has 6 nitrogen and oxygen atoms in total. The van der Waals surface area contributed by atoms with Crippen molar-refractivity contribution in [3.05, 3.63) is 46.6 Å². The van der Waals surface area contributed by atoms with E-state index in [0.717, 1.165) is 10.9 Å². The first-order valence-electron chi connectivity index (χ1n) is 6.01. The Labute approximate surface area is 118 Å². The summed E-state index contributed by atoms with van der Waals surface area (Å²) < 4.78 is 2.74. The topological polar surface area (TPSA) is 94.0 Å². The zero-order valence-corrected chi connectivity index (χ0v) is 11.3. The van der Waals surface area contributed by atoms with Crippen molar-refractivity contribution < 1.29 is 9.90 Å². The summed E-state index contributed by atoms with van der Waals surface area (Å²) in [7, 11) is 0. The van der Waals surface area contributed by atoms with Gasteiger partial charge in [-0.3, -0.25) is 0 Å². The Hall–Kier alpha value is -2.25. The van der Waals surface area contributed by atoms with E-state index in [-0.39, 0.29) is 12.2 Å². The third-order valence-corrected chi connectivity index (χ3v) is 4.13. The van der Waals surface area contributed by atoms with Crippen LogP contribution in [0.25, 0.3) is 10.1 Å². The lowest BCUT2D eigenvalue weighted by Crippen LogP contribution is -2.13. The molecule has 0 radical (unpaired) electrons.